The Kier molecular flexibility index (Phi) is 4.43. The van der Waals surface area contributed by atoms with E-state index in [0.29, 0.717) is 18.0 Å². The molecular formula is C16H23FN2O. The molecule has 1 saturated carbocycles. The summed E-state index contributed by atoms with van der Waals surface area (Å²) in [5, 5.41) is 3.01. The van der Waals surface area contributed by atoms with Gasteiger partial charge in [-0.15, -0.1) is 0 Å². The highest BCUT2D eigenvalue weighted by Crippen LogP contribution is 2.33. The summed E-state index contributed by atoms with van der Waals surface area (Å²) >= 11 is 0. The molecule has 0 saturated heterocycles. The zero-order chi connectivity index (χ0) is 14.8. The van der Waals surface area contributed by atoms with Crippen molar-refractivity contribution in [2.24, 2.45) is 11.7 Å². The molecule has 1 amide bonds. The number of benzene rings is 1. The van der Waals surface area contributed by atoms with Crippen molar-refractivity contribution < 1.29 is 9.18 Å². The molecule has 110 valence electrons. The van der Waals surface area contributed by atoms with Crippen LogP contribution in [0.15, 0.2) is 18.2 Å². The maximum atomic E-state index is 14.0. The molecule has 1 aromatic rings. The van der Waals surface area contributed by atoms with E-state index in [-0.39, 0.29) is 11.5 Å². The SMILES string of the molecule is Cc1cccc(C(=O)NC2(CN)CCCCC2C)c1F. The summed E-state index contributed by atoms with van der Waals surface area (Å²) in [7, 11) is 0. The number of carbonyl (C=O) groups is 1. The monoisotopic (exact) mass is 278 g/mol. The molecule has 1 aliphatic rings. The number of hydrogen-bond acceptors (Lipinski definition) is 2. The predicted molar refractivity (Wildman–Crippen MR) is 78.0 cm³/mol. The summed E-state index contributed by atoms with van der Waals surface area (Å²) in [6.07, 6.45) is 4.13. The summed E-state index contributed by atoms with van der Waals surface area (Å²) in [4.78, 5) is 12.4. The Morgan fingerprint density at radius 2 is 2.25 bits per heavy atom. The topological polar surface area (TPSA) is 55.1 Å². The average Bonchev–Trinajstić information content (AvgIpc) is 2.44. The van der Waals surface area contributed by atoms with E-state index in [2.05, 4.69) is 12.2 Å². The maximum absolute atomic E-state index is 14.0. The molecule has 3 N–H and O–H groups in total. The van der Waals surface area contributed by atoms with Crippen LogP contribution in [-0.2, 0) is 0 Å². The van der Waals surface area contributed by atoms with Crippen LogP contribution in [0.4, 0.5) is 4.39 Å². The van der Waals surface area contributed by atoms with Crippen LogP contribution in [0.3, 0.4) is 0 Å². The number of aryl methyl sites for hydroxylation is 1. The largest absolute Gasteiger partial charge is 0.345 e. The minimum absolute atomic E-state index is 0.107. The first-order valence-electron chi connectivity index (χ1n) is 7.28. The fourth-order valence-corrected chi connectivity index (χ4v) is 3.07. The van der Waals surface area contributed by atoms with E-state index in [1.54, 1.807) is 19.1 Å². The Morgan fingerprint density at radius 1 is 1.50 bits per heavy atom. The van der Waals surface area contributed by atoms with Gasteiger partial charge >= 0.3 is 0 Å². The third-order valence-corrected chi connectivity index (χ3v) is 4.62. The minimum atomic E-state index is -0.444. The second kappa shape index (κ2) is 5.92. The third-order valence-electron chi connectivity index (χ3n) is 4.62. The van der Waals surface area contributed by atoms with Crippen molar-refractivity contribution in [1.29, 1.82) is 0 Å². The van der Waals surface area contributed by atoms with E-state index in [1.165, 1.54) is 6.07 Å². The second-order valence-corrected chi connectivity index (χ2v) is 5.90. The Morgan fingerprint density at radius 3 is 2.90 bits per heavy atom. The quantitative estimate of drug-likeness (QED) is 0.893. The average molecular weight is 278 g/mol. The Hall–Kier alpha value is -1.42. The van der Waals surface area contributed by atoms with Crippen LogP contribution in [0, 0.1) is 18.7 Å². The summed E-state index contributed by atoms with van der Waals surface area (Å²) < 4.78 is 14.0. The number of amides is 1. The molecule has 3 nitrogen and oxygen atoms in total. The van der Waals surface area contributed by atoms with Gasteiger partial charge in [0.25, 0.3) is 5.91 Å². The number of nitrogens with two attached hydrogens (primary N) is 1. The van der Waals surface area contributed by atoms with Crippen LogP contribution in [-0.4, -0.2) is 18.0 Å². The molecule has 0 aromatic heterocycles. The standard InChI is InChI=1S/C16H23FN2O/c1-11-6-5-8-13(14(11)17)15(20)19-16(10-18)9-4-3-7-12(16)2/h5-6,8,12H,3-4,7,9-10,18H2,1-2H3,(H,19,20). The van der Waals surface area contributed by atoms with Gasteiger partial charge in [0.2, 0.25) is 0 Å². The first-order chi connectivity index (χ1) is 9.50. The Bertz CT molecular complexity index is 503. The Labute approximate surface area is 119 Å². The fourth-order valence-electron chi connectivity index (χ4n) is 3.07. The summed E-state index contributed by atoms with van der Waals surface area (Å²) in [6, 6.07) is 4.89. The van der Waals surface area contributed by atoms with Crippen molar-refractivity contribution in [3.8, 4) is 0 Å². The highest BCUT2D eigenvalue weighted by atomic mass is 19.1. The van der Waals surface area contributed by atoms with E-state index in [4.69, 9.17) is 5.73 Å². The molecule has 0 spiro atoms. The number of hydrogen-bond donors (Lipinski definition) is 2. The van der Waals surface area contributed by atoms with Crippen molar-refractivity contribution in [3.63, 3.8) is 0 Å². The minimum Gasteiger partial charge on any atom is -0.345 e. The first kappa shape index (κ1) is 15.0. The highest BCUT2D eigenvalue weighted by Gasteiger charge is 2.38. The molecule has 4 heteroatoms. The molecule has 2 rings (SSSR count). The summed E-state index contributed by atoms with van der Waals surface area (Å²) in [5.74, 6) is -0.482. The summed E-state index contributed by atoms with van der Waals surface area (Å²) in [5.41, 5.74) is 6.11. The van der Waals surface area contributed by atoms with Gasteiger partial charge in [0.15, 0.2) is 0 Å². The molecule has 1 aromatic carbocycles. The highest BCUT2D eigenvalue weighted by molar-refractivity contribution is 5.95. The third kappa shape index (κ3) is 2.70. The van der Waals surface area contributed by atoms with Gasteiger partial charge < -0.3 is 11.1 Å². The van der Waals surface area contributed by atoms with Gasteiger partial charge in [-0.3, -0.25) is 4.79 Å². The van der Waals surface area contributed by atoms with Crippen molar-refractivity contribution in [2.75, 3.05) is 6.54 Å². The lowest BCUT2D eigenvalue weighted by atomic mass is 9.73. The zero-order valence-corrected chi connectivity index (χ0v) is 12.2. The molecule has 2 unspecified atom stereocenters. The maximum Gasteiger partial charge on any atom is 0.254 e. The normalized spacial score (nSPS) is 26.3. The van der Waals surface area contributed by atoms with Crippen molar-refractivity contribution >= 4 is 5.91 Å². The van der Waals surface area contributed by atoms with Gasteiger partial charge in [0.05, 0.1) is 11.1 Å². The zero-order valence-electron chi connectivity index (χ0n) is 12.2. The first-order valence-corrected chi connectivity index (χ1v) is 7.28. The molecule has 1 aliphatic carbocycles. The van der Waals surface area contributed by atoms with E-state index < -0.39 is 11.4 Å². The van der Waals surface area contributed by atoms with Crippen LogP contribution in [0.25, 0.3) is 0 Å². The van der Waals surface area contributed by atoms with E-state index in [9.17, 15) is 9.18 Å². The van der Waals surface area contributed by atoms with Gasteiger partial charge in [0.1, 0.15) is 5.82 Å². The predicted octanol–water partition coefficient (Wildman–Crippen LogP) is 2.77. The van der Waals surface area contributed by atoms with Gasteiger partial charge in [0, 0.05) is 6.54 Å². The van der Waals surface area contributed by atoms with Gasteiger partial charge in [-0.25, -0.2) is 4.39 Å². The number of nitrogens with one attached hydrogen (secondary N) is 1. The van der Waals surface area contributed by atoms with Gasteiger partial charge in [-0.05, 0) is 37.3 Å². The lowest BCUT2D eigenvalue weighted by Crippen LogP contribution is -2.59. The van der Waals surface area contributed by atoms with E-state index in [1.807, 2.05) is 0 Å². The van der Waals surface area contributed by atoms with E-state index >= 15 is 0 Å². The van der Waals surface area contributed by atoms with Crippen LogP contribution in [0.2, 0.25) is 0 Å². The molecular weight excluding hydrogens is 255 g/mol. The van der Waals surface area contributed by atoms with Crippen LogP contribution in [0.5, 0.6) is 0 Å². The van der Waals surface area contributed by atoms with Crippen LogP contribution < -0.4 is 11.1 Å². The molecule has 2 atom stereocenters. The lowest BCUT2D eigenvalue weighted by Gasteiger charge is -2.42. The molecule has 1 fully saturated rings. The molecule has 0 radical (unpaired) electrons. The van der Waals surface area contributed by atoms with Crippen molar-refractivity contribution in [3.05, 3.63) is 35.1 Å². The second-order valence-electron chi connectivity index (χ2n) is 5.90. The smallest absolute Gasteiger partial charge is 0.254 e. The number of carbonyl (C=O) groups excluding carboxylic acids is 1. The lowest BCUT2D eigenvalue weighted by molar-refractivity contribution is 0.0808. The van der Waals surface area contributed by atoms with Gasteiger partial charge in [-0.2, -0.15) is 0 Å². The molecule has 20 heavy (non-hydrogen) atoms. The van der Waals surface area contributed by atoms with Crippen molar-refractivity contribution in [1.82, 2.24) is 5.32 Å². The van der Waals surface area contributed by atoms with Crippen molar-refractivity contribution in [2.45, 2.75) is 45.1 Å². The van der Waals surface area contributed by atoms with Crippen LogP contribution >= 0.6 is 0 Å². The molecule has 0 heterocycles. The van der Waals surface area contributed by atoms with Crippen LogP contribution in [0.1, 0.15) is 48.5 Å². The summed E-state index contributed by atoms with van der Waals surface area (Å²) in [6.45, 7) is 4.17. The fraction of sp³-hybridized carbons (Fsp3) is 0.562. The molecule has 0 bridgehead atoms. The number of rotatable bonds is 3. The number of halogens is 1. The van der Waals surface area contributed by atoms with Gasteiger partial charge in [-0.1, -0.05) is 31.9 Å². The van der Waals surface area contributed by atoms with E-state index in [0.717, 1.165) is 25.7 Å². The Balaban J connectivity index is 2.23. The molecule has 0 aliphatic heterocycles.